The summed E-state index contributed by atoms with van der Waals surface area (Å²) >= 11 is 0. The van der Waals surface area contributed by atoms with E-state index < -0.39 is 20.0 Å². The number of likely N-dealkylation sites (N-methyl/N-ethyl adjacent to an activating group) is 1. The molecule has 0 spiro atoms. The van der Waals surface area contributed by atoms with Gasteiger partial charge in [-0.2, -0.15) is 0 Å². The maximum absolute atomic E-state index is 12.9. The Bertz CT molecular complexity index is 1100. The number of nitrogens with one attached hydrogen (secondary N) is 1. The van der Waals surface area contributed by atoms with Crippen molar-refractivity contribution in [3.8, 4) is 0 Å². The van der Waals surface area contributed by atoms with Crippen LogP contribution in [0, 0.1) is 0 Å². The van der Waals surface area contributed by atoms with Crippen LogP contribution in [0.3, 0.4) is 0 Å². The molecule has 0 bridgehead atoms. The number of aliphatic hydroxyl groups excluding tert-OH is 1. The molecule has 0 aromatic heterocycles. The summed E-state index contributed by atoms with van der Waals surface area (Å²) in [6, 6.07) is -0.794. The molecular formula is C58H117N2O6P. The van der Waals surface area contributed by atoms with Crippen molar-refractivity contribution in [3.05, 3.63) is 12.2 Å². The first-order chi connectivity index (χ1) is 32.5. The molecule has 3 atom stereocenters. The van der Waals surface area contributed by atoms with E-state index in [1.165, 1.54) is 238 Å². The lowest BCUT2D eigenvalue weighted by atomic mass is 10.0. The zero-order valence-corrected chi connectivity index (χ0v) is 46.5. The van der Waals surface area contributed by atoms with E-state index >= 15 is 0 Å². The molecule has 8 nitrogen and oxygen atoms in total. The smallest absolute Gasteiger partial charge is 0.268 e. The van der Waals surface area contributed by atoms with Crippen molar-refractivity contribution in [1.29, 1.82) is 0 Å². The van der Waals surface area contributed by atoms with Crippen molar-refractivity contribution in [3.63, 3.8) is 0 Å². The van der Waals surface area contributed by atoms with Gasteiger partial charge in [0.2, 0.25) is 5.91 Å². The minimum atomic E-state index is -4.56. The molecule has 67 heavy (non-hydrogen) atoms. The minimum absolute atomic E-state index is 0.0152. The van der Waals surface area contributed by atoms with E-state index in [9.17, 15) is 19.4 Å². The second-order valence-corrected chi connectivity index (χ2v) is 23.1. The van der Waals surface area contributed by atoms with Crippen LogP contribution in [-0.2, 0) is 18.4 Å². The van der Waals surface area contributed by atoms with Crippen LogP contribution in [0.1, 0.15) is 303 Å². The molecule has 0 saturated carbocycles. The van der Waals surface area contributed by atoms with Crippen LogP contribution in [0.5, 0.6) is 0 Å². The topological polar surface area (TPSA) is 108 Å². The predicted molar refractivity (Wildman–Crippen MR) is 289 cm³/mol. The Hall–Kier alpha value is -0.760. The summed E-state index contributed by atoms with van der Waals surface area (Å²) in [5.74, 6) is -0.160. The SMILES string of the molecule is CCCCCCCCCC/C=C\CCCCCCCCCCCCCCCCCCCCCCCCCC(=O)NC(COP(=O)([O-])OCC[N+](C)(C)C)C(O)CCCCCCCCCCCC. The molecule has 0 aliphatic carbocycles. The largest absolute Gasteiger partial charge is 0.756 e. The van der Waals surface area contributed by atoms with E-state index in [2.05, 4.69) is 31.3 Å². The third kappa shape index (κ3) is 52.9. The number of hydrogen-bond acceptors (Lipinski definition) is 6. The lowest BCUT2D eigenvalue weighted by molar-refractivity contribution is -0.870. The highest BCUT2D eigenvalue weighted by Gasteiger charge is 2.24. The van der Waals surface area contributed by atoms with Crippen molar-refractivity contribution < 1.29 is 32.9 Å². The molecule has 0 aromatic rings. The maximum Gasteiger partial charge on any atom is 0.268 e. The van der Waals surface area contributed by atoms with Gasteiger partial charge in [-0.15, -0.1) is 0 Å². The summed E-state index contributed by atoms with van der Waals surface area (Å²) in [7, 11) is 1.32. The number of carbonyl (C=O) groups excluding carboxylic acids is 1. The minimum Gasteiger partial charge on any atom is -0.756 e. The van der Waals surface area contributed by atoms with Crippen LogP contribution in [0.4, 0.5) is 0 Å². The van der Waals surface area contributed by atoms with Crippen LogP contribution < -0.4 is 10.2 Å². The van der Waals surface area contributed by atoms with Crippen molar-refractivity contribution >= 4 is 13.7 Å². The number of rotatable bonds is 55. The van der Waals surface area contributed by atoms with Gasteiger partial charge >= 0.3 is 0 Å². The number of quaternary nitrogens is 1. The molecule has 0 rings (SSSR count). The molecule has 0 fully saturated rings. The van der Waals surface area contributed by atoms with Crippen LogP contribution in [-0.4, -0.2) is 68.5 Å². The van der Waals surface area contributed by atoms with Gasteiger partial charge in [0.1, 0.15) is 13.2 Å². The van der Waals surface area contributed by atoms with E-state index in [1.54, 1.807) is 0 Å². The number of amides is 1. The van der Waals surface area contributed by atoms with Gasteiger partial charge in [-0.1, -0.05) is 270 Å². The van der Waals surface area contributed by atoms with Crippen LogP contribution >= 0.6 is 7.82 Å². The summed E-state index contributed by atoms with van der Waals surface area (Å²) in [5.41, 5.74) is 0. The first-order valence-corrected chi connectivity index (χ1v) is 31.0. The maximum atomic E-state index is 12.9. The number of aliphatic hydroxyl groups is 1. The van der Waals surface area contributed by atoms with E-state index in [1.807, 2.05) is 21.1 Å². The molecule has 2 N–H and O–H groups in total. The van der Waals surface area contributed by atoms with Crippen molar-refractivity contribution in [2.24, 2.45) is 0 Å². The normalized spacial score (nSPS) is 14.0. The number of nitrogens with zero attached hydrogens (tertiary/aromatic N) is 1. The number of allylic oxidation sites excluding steroid dienone is 2. The lowest BCUT2D eigenvalue weighted by Crippen LogP contribution is -2.46. The van der Waals surface area contributed by atoms with Gasteiger partial charge in [0.25, 0.3) is 7.82 Å². The van der Waals surface area contributed by atoms with Gasteiger partial charge < -0.3 is 28.8 Å². The van der Waals surface area contributed by atoms with Crippen molar-refractivity contribution in [1.82, 2.24) is 5.32 Å². The predicted octanol–water partition coefficient (Wildman–Crippen LogP) is 17.2. The molecule has 0 aliphatic heterocycles. The van der Waals surface area contributed by atoms with Crippen LogP contribution in [0.15, 0.2) is 12.2 Å². The highest BCUT2D eigenvalue weighted by molar-refractivity contribution is 7.45. The van der Waals surface area contributed by atoms with Gasteiger partial charge in [-0.3, -0.25) is 9.36 Å². The lowest BCUT2D eigenvalue weighted by Gasteiger charge is -2.30. The number of hydrogen-bond donors (Lipinski definition) is 2. The summed E-state index contributed by atoms with van der Waals surface area (Å²) in [6.07, 6.45) is 61.4. The Balaban J connectivity index is 3.84. The third-order valence-corrected chi connectivity index (χ3v) is 14.7. The molecule has 0 radical (unpaired) electrons. The Kier molecular flexibility index (Phi) is 49.6. The fourth-order valence-electron chi connectivity index (χ4n) is 9.10. The zero-order chi connectivity index (χ0) is 49.2. The van der Waals surface area contributed by atoms with Gasteiger partial charge in [0.05, 0.1) is 39.9 Å². The van der Waals surface area contributed by atoms with Crippen LogP contribution in [0.25, 0.3) is 0 Å². The van der Waals surface area contributed by atoms with Gasteiger partial charge in [0.15, 0.2) is 0 Å². The average molecular weight is 970 g/mol. The quantitative estimate of drug-likeness (QED) is 0.0272. The molecular weight excluding hydrogens is 852 g/mol. The van der Waals surface area contributed by atoms with Gasteiger partial charge in [-0.05, 0) is 38.5 Å². The highest BCUT2D eigenvalue weighted by atomic mass is 31.2. The Morgan fingerprint density at radius 1 is 0.507 bits per heavy atom. The second kappa shape index (κ2) is 50.2. The number of carbonyl (C=O) groups is 1. The summed E-state index contributed by atoms with van der Waals surface area (Å²) < 4.78 is 23.3. The average Bonchev–Trinajstić information content (AvgIpc) is 3.29. The Morgan fingerprint density at radius 2 is 0.821 bits per heavy atom. The molecule has 3 unspecified atom stereocenters. The second-order valence-electron chi connectivity index (χ2n) is 21.7. The van der Waals surface area contributed by atoms with Crippen molar-refractivity contribution in [2.45, 2.75) is 315 Å². The van der Waals surface area contributed by atoms with E-state index in [0.29, 0.717) is 23.9 Å². The fourth-order valence-corrected chi connectivity index (χ4v) is 9.82. The summed E-state index contributed by atoms with van der Waals surface area (Å²) in [4.78, 5) is 25.4. The standard InChI is InChI=1S/C58H117N2O6P/c1-6-8-10-12-14-16-18-19-20-21-22-23-24-25-26-27-28-29-30-31-32-33-34-35-36-37-38-39-40-41-42-44-46-48-50-52-58(62)59-56(55-66-67(63,64)65-54-53-60(3,4)5)57(61)51-49-47-45-43-17-15-13-11-9-7-2/h21-22,56-57,61H,6-20,23-55H2,1-5H3,(H-,59,62,63,64)/b22-21-. The van der Waals surface area contributed by atoms with Gasteiger partial charge in [0, 0.05) is 6.42 Å². The molecule has 400 valence electrons. The number of unbranched alkanes of at least 4 members (excludes halogenated alkanes) is 40. The molecule has 9 heteroatoms. The third-order valence-electron chi connectivity index (χ3n) is 13.8. The van der Waals surface area contributed by atoms with Crippen LogP contribution in [0.2, 0.25) is 0 Å². The van der Waals surface area contributed by atoms with Crippen molar-refractivity contribution in [2.75, 3.05) is 40.9 Å². The summed E-state index contributed by atoms with van der Waals surface area (Å²) in [6.45, 7) is 4.73. The Morgan fingerprint density at radius 3 is 1.16 bits per heavy atom. The first-order valence-electron chi connectivity index (χ1n) is 29.5. The van der Waals surface area contributed by atoms with E-state index in [0.717, 1.165) is 38.5 Å². The molecule has 1 amide bonds. The highest BCUT2D eigenvalue weighted by Crippen LogP contribution is 2.38. The van der Waals surface area contributed by atoms with Gasteiger partial charge in [-0.25, -0.2) is 0 Å². The molecule has 0 saturated heterocycles. The zero-order valence-electron chi connectivity index (χ0n) is 45.6. The van der Waals surface area contributed by atoms with E-state index in [4.69, 9.17) is 9.05 Å². The fraction of sp³-hybridized carbons (Fsp3) is 0.948. The number of phosphoric acid groups is 1. The molecule has 0 aromatic carbocycles. The molecule has 0 aliphatic rings. The first kappa shape index (κ1) is 66.2. The Labute approximate surface area is 418 Å². The monoisotopic (exact) mass is 969 g/mol. The number of phosphoric ester groups is 1. The van der Waals surface area contributed by atoms with E-state index in [-0.39, 0.29) is 19.1 Å². The summed E-state index contributed by atoms with van der Waals surface area (Å²) in [5, 5.41) is 13.9. The molecule has 0 heterocycles.